The van der Waals surface area contributed by atoms with Crippen molar-refractivity contribution in [1.29, 1.82) is 0 Å². The number of hydrogen-bond donors (Lipinski definition) is 2. The first-order valence-electron chi connectivity index (χ1n) is 6.13. The van der Waals surface area contributed by atoms with Crippen LogP contribution in [-0.2, 0) is 11.3 Å². The summed E-state index contributed by atoms with van der Waals surface area (Å²) in [6.07, 6.45) is 3.16. The Balaban J connectivity index is 1.99. The molecule has 2 N–H and O–H groups in total. The van der Waals surface area contributed by atoms with Crippen LogP contribution < -0.4 is 9.88 Å². The van der Waals surface area contributed by atoms with E-state index in [1.165, 1.54) is 19.2 Å². The van der Waals surface area contributed by atoms with Crippen molar-refractivity contribution < 1.29 is 19.3 Å². The Bertz CT molecular complexity index is 636. The molecule has 0 atom stereocenters. The standard InChI is InChI=1S/C15H14N2O3/c1-11(18)12-4-6-13(7-5-12)16-15(20)10-17-8-2-3-14(19)9-17/h2-9H,10H2,1H3,(H-,16,18,19,20)/p+1. The van der Waals surface area contributed by atoms with Crippen LogP contribution in [0.4, 0.5) is 5.69 Å². The van der Waals surface area contributed by atoms with Gasteiger partial charge in [-0.15, -0.1) is 0 Å². The summed E-state index contributed by atoms with van der Waals surface area (Å²) in [5, 5.41) is 12.0. The molecule has 0 unspecified atom stereocenters. The van der Waals surface area contributed by atoms with Crippen LogP contribution >= 0.6 is 0 Å². The molecular weight excluding hydrogens is 256 g/mol. The van der Waals surface area contributed by atoms with E-state index in [9.17, 15) is 14.7 Å². The van der Waals surface area contributed by atoms with E-state index in [2.05, 4.69) is 5.32 Å². The van der Waals surface area contributed by atoms with E-state index < -0.39 is 0 Å². The van der Waals surface area contributed by atoms with Crippen LogP contribution in [0.25, 0.3) is 0 Å². The lowest BCUT2D eigenvalue weighted by Crippen LogP contribution is -2.39. The van der Waals surface area contributed by atoms with Crippen molar-refractivity contribution in [3.8, 4) is 5.75 Å². The third-order valence-corrected chi connectivity index (χ3v) is 2.74. The van der Waals surface area contributed by atoms with Crippen molar-refractivity contribution in [3.63, 3.8) is 0 Å². The molecule has 1 aromatic carbocycles. The molecule has 0 saturated carbocycles. The first-order chi connectivity index (χ1) is 9.54. The molecular formula is C15H15N2O3+. The van der Waals surface area contributed by atoms with E-state index in [0.717, 1.165) is 0 Å². The molecule has 2 aromatic rings. The fourth-order valence-corrected chi connectivity index (χ4v) is 1.76. The number of benzene rings is 1. The number of pyridine rings is 1. The van der Waals surface area contributed by atoms with Gasteiger partial charge in [-0.2, -0.15) is 4.57 Å². The van der Waals surface area contributed by atoms with Crippen LogP contribution in [0, 0.1) is 0 Å². The van der Waals surface area contributed by atoms with E-state index in [1.54, 1.807) is 41.1 Å². The Labute approximate surface area is 116 Å². The molecule has 0 aliphatic heterocycles. The second-order valence-corrected chi connectivity index (χ2v) is 4.42. The Morgan fingerprint density at radius 3 is 2.50 bits per heavy atom. The summed E-state index contributed by atoms with van der Waals surface area (Å²) in [6.45, 7) is 1.59. The third kappa shape index (κ3) is 3.65. The lowest BCUT2D eigenvalue weighted by atomic mass is 10.1. The van der Waals surface area contributed by atoms with Crippen molar-refractivity contribution in [2.75, 3.05) is 5.32 Å². The first kappa shape index (κ1) is 13.7. The number of Topliss-reactive ketones (excluding diaryl/α,β-unsaturated/α-hetero) is 1. The van der Waals surface area contributed by atoms with Gasteiger partial charge in [0.15, 0.2) is 17.7 Å². The number of rotatable bonds is 4. The molecule has 102 valence electrons. The van der Waals surface area contributed by atoms with Gasteiger partial charge in [-0.05, 0) is 37.3 Å². The lowest BCUT2D eigenvalue weighted by Gasteiger charge is -2.04. The third-order valence-electron chi connectivity index (χ3n) is 2.74. The number of anilines is 1. The molecule has 0 spiro atoms. The Hall–Kier alpha value is -2.69. The topological polar surface area (TPSA) is 70.3 Å². The maximum atomic E-state index is 11.8. The number of aromatic nitrogens is 1. The molecule has 5 heteroatoms. The van der Waals surface area contributed by atoms with Crippen molar-refractivity contribution in [3.05, 3.63) is 54.4 Å². The summed E-state index contributed by atoms with van der Waals surface area (Å²) in [5.41, 5.74) is 1.23. The highest BCUT2D eigenvalue weighted by Gasteiger charge is 2.10. The fourth-order valence-electron chi connectivity index (χ4n) is 1.76. The molecule has 5 nitrogen and oxygen atoms in total. The zero-order chi connectivity index (χ0) is 14.5. The van der Waals surface area contributed by atoms with Crippen LogP contribution in [0.3, 0.4) is 0 Å². The minimum absolute atomic E-state index is 0.0156. The molecule has 2 rings (SSSR count). The average molecular weight is 271 g/mol. The molecule has 0 fully saturated rings. The Kier molecular flexibility index (Phi) is 4.10. The van der Waals surface area contributed by atoms with Crippen molar-refractivity contribution in [2.45, 2.75) is 13.5 Å². The zero-order valence-corrected chi connectivity index (χ0v) is 11.0. The van der Waals surface area contributed by atoms with Gasteiger partial charge in [0.25, 0.3) is 5.91 Å². The summed E-state index contributed by atoms with van der Waals surface area (Å²) in [4.78, 5) is 23.0. The Morgan fingerprint density at radius 2 is 1.90 bits per heavy atom. The van der Waals surface area contributed by atoms with Crippen molar-refractivity contribution in [1.82, 2.24) is 0 Å². The van der Waals surface area contributed by atoms with Gasteiger partial charge in [0.05, 0.1) is 0 Å². The Morgan fingerprint density at radius 1 is 1.20 bits per heavy atom. The van der Waals surface area contributed by atoms with Gasteiger partial charge in [0.1, 0.15) is 0 Å². The number of ketones is 1. The lowest BCUT2D eigenvalue weighted by molar-refractivity contribution is -0.684. The van der Waals surface area contributed by atoms with Gasteiger partial charge in [-0.3, -0.25) is 9.59 Å². The van der Waals surface area contributed by atoms with E-state index in [-0.39, 0.29) is 24.0 Å². The minimum atomic E-state index is -0.212. The fraction of sp³-hybridized carbons (Fsp3) is 0.133. The quantitative estimate of drug-likeness (QED) is 0.654. The molecule has 0 aliphatic carbocycles. The average Bonchev–Trinajstić information content (AvgIpc) is 2.39. The molecule has 0 saturated heterocycles. The van der Waals surface area contributed by atoms with Crippen LogP contribution in [0.15, 0.2) is 48.8 Å². The summed E-state index contributed by atoms with van der Waals surface area (Å²) in [6, 6.07) is 9.89. The van der Waals surface area contributed by atoms with Crippen LogP contribution in [0.2, 0.25) is 0 Å². The number of nitrogens with one attached hydrogen (secondary N) is 1. The van der Waals surface area contributed by atoms with Crippen LogP contribution in [-0.4, -0.2) is 16.8 Å². The van der Waals surface area contributed by atoms with E-state index >= 15 is 0 Å². The molecule has 0 bridgehead atoms. The summed E-state index contributed by atoms with van der Waals surface area (Å²) >= 11 is 0. The highest BCUT2D eigenvalue weighted by Crippen LogP contribution is 2.10. The second kappa shape index (κ2) is 5.97. The summed E-state index contributed by atoms with van der Waals surface area (Å²) < 4.78 is 1.58. The molecule has 0 radical (unpaired) electrons. The number of aromatic hydroxyl groups is 1. The SMILES string of the molecule is CC(=O)c1ccc(NC(=O)C[n+]2cccc(O)c2)cc1. The van der Waals surface area contributed by atoms with Crippen LogP contribution in [0.1, 0.15) is 17.3 Å². The van der Waals surface area contributed by atoms with E-state index in [4.69, 9.17) is 0 Å². The zero-order valence-electron chi connectivity index (χ0n) is 11.0. The van der Waals surface area contributed by atoms with E-state index in [0.29, 0.717) is 11.3 Å². The largest absolute Gasteiger partial charge is 0.503 e. The van der Waals surface area contributed by atoms with E-state index in [1.807, 2.05) is 0 Å². The molecule has 1 aromatic heterocycles. The number of carbonyl (C=O) groups excluding carboxylic acids is 2. The molecule has 0 aliphatic rings. The summed E-state index contributed by atoms with van der Waals surface area (Å²) in [5.74, 6) is -0.125. The number of carbonyl (C=O) groups is 2. The highest BCUT2D eigenvalue weighted by atomic mass is 16.3. The first-order valence-corrected chi connectivity index (χ1v) is 6.13. The maximum Gasteiger partial charge on any atom is 0.290 e. The predicted molar refractivity (Wildman–Crippen MR) is 73.4 cm³/mol. The van der Waals surface area contributed by atoms with Gasteiger partial charge in [0.2, 0.25) is 12.7 Å². The smallest absolute Gasteiger partial charge is 0.290 e. The van der Waals surface area contributed by atoms with Gasteiger partial charge in [-0.1, -0.05) is 0 Å². The summed E-state index contributed by atoms with van der Waals surface area (Å²) in [7, 11) is 0. The second-order valence-electron chi connectivity index (χ2n) is 4.42. The maximum absolute atomic E-state index is 11.8. The monoisotopic (exact) mass is 271 g/mol. The molecule has 1 heterocycles. The number of nitrogens with zero attached hydrogens (tertiary/aromatic N) is 1. The van der Waals surface area contributed by atoms with Crippen molar-refractivity contribution in [2.24, 2.45) is 0 Å². The van der Waals surface area contributed by atoms with Crippen LogP contribution in [0.5, 0.6) is 5.75 Å². The van der Waals surface area contributed by atoms with Gasteiger partial charge in [0, 0.05) is 17.3 Å². The van der Waals surface area contributed by atoms with Gasteiger partial charge < -0.3 is 10.4 Å². The van der Waals surface area contributed by atoms with Gasteiger partial charge >= 0.3 is 0 Å². The molecule has 20 heavy (non-hydrogen) atoms. The van der Waals surface area contributed by atoms with Gasteiger partial charge in [-0.25, -0.2) is 0 Å². The molecule has 1 amide bonds. The number of amides is 1. The number of hydrogen-bond acceptors (Lipinski definition) is 3. The minimum Gasteiger partial charge on any atom is -0.503 e. The predicted octanol–water partition coefficient (Wildman–Crippen LogP) is 1.52. The van der Waals surface area contributed by atoms with Crippen molar-refractivity contribution >= 4 is 17.4 Å². The highest BCUT2D eigenvalue weighted by molar-refractivity contribution is 5.95. The normalized spacial score (nSPS) is 10.1.